The fraction of sp³-hybridized carbons (Fsp3) is 0.562. The molecule has 2 N–H and O–H groups in total. The van der Waals surface area contributed by atoms with Gasteiger partial charge in [0.05, 0.1) is 6.54 Å². The van der Waals surface area contributed by atoms with E-state index in [2.05, 4.69) is 16.8 Å². The molecular weight excluding hydrogens is 288 g/mol. The number of aliphatic imine (C=N–C) groups is 1. The molecule has 1 aliphatic heterocycles. The molecule has 0 aromatic heterocycles. The second-order valence-corrected chi connectivity index (χ2v) is 5.69. The van der Waals surface area contributed by atoms with Gasteiger partial charge in [-0.15, -0.1) is 0 Å². The minimum Gasteiger partial charge on any atom is -0.488 e. The Labute approximate surface area is 130 Å². The van der Waals surface area contributed by atoms with Crippen LogP contribution in [-0.4, -0.2) is 37.0 Å². The normalized spacial score (nSPS) is 17.1. The molecule has 0 aliphatic carbocycles. The summed E-state index contributed by atoms with van der Waals surface area (Å²) >= 11 is 0. The van der Waals surface area contributed by atoms with Crippen molar-refractivity contribution in [1.82, 2.24) is 4.90 Å². The van der Waals surface area contributed by atoms with Gasteiger partial charge in [-0.1, -0.05) is 19.1 Å². The summed E-state index contributed by atoms with van der Waals surface area (Å²) < 4.78 is 29.3. The maximum atomic E-state index is 12.1. The zero-order valence-corrected chi connectivity index (χ0v) is 12.8. The van der Waals surface area contributed by atoms with Crippen LogP contribution in [0, 0.1) is 5.92 Å². The predicted molar refractivity (Wildman–Crippen MR) is 83.2 cm³/mol. The van der Waals surface area contributed by atoms with Crippen LogP contribution >= 0.6 is 0 Å². The van der Waals surface area contributed by atoms with E-state index >= 15 is 0 Å². The Hall–Kier alpha value is -1.85. The fourth-order valence-corrected chi connectivity index (χ4v) is 2.40. The van der Waals surface area contributed by atoms with Crippen LogP contribution in [0.1, 0.15) is 25.3 Å². The second kappa shape index (κ2) is 7.96. The average molecular weight is 311 g/mol. The number of halogens is 2. The van der Waals surface area contributed by atoms with Crippen LogP contribution in [-0.2, 0) is 6.54 Å². The van der Waals surface area contributed by atoms with Gasteiger partial charge < -0.3 is 15.4 Å². The molecule has 1 fully saturated rings. The summed E-state index contributed by atoms with van der Waals surface area (Å²) in [4.78, 5) is 6.49. The fourth-order valence-electron chi connectivity index (χ4n) is 2.40. The lowest BCUT2D eigenvalue weighted by atomic mass is 10.00. The molecule has 6 heteroatoms. The first kappa shape index (κ1) is 16.5. The van der Waals surface area contributed by atoms with E-state index in [0.29, 0.717) is 18.3 Å². The molecule has 1 aliphatic rings. The number of rotatable bonds is 5. The summed E-state index contributed by atoms with van der Waals surface area (Å²) in [6, 6.07) is 7.02. The molecule has 0 spiro atoms. The van der Waals surface area contributed by atoms with Crippen LogP contribution in [0.4, 0.5) is 8.78 Å². The van der Waals surface area contributed by atoms with Crippen molar-refractivity contribution >= 4 is 5.96 Å². The summed E-state index contributed by atoms with van der Waals surface area (Å²) in [7, 11) is 0. The van der Waals surface area contributed by atoms with Crippen LogP contribution in [0.2, 0.25) is 0 Å². The third-order valence-corrected chi connectivity index (χ3v) is 3.81. The highest BCUT2D eigenvalue weighted by Crippen LogP contribution is 2.17. The minimum absolute atomic E-state index is 0.420. The van der Waals surface area contributed by atoms with E-state index in [9.17, 15) is 8.78 Å². The van der Waals surface area contributed by atoms with Crippen molar-refractivity contribution in [2.75, 3.05) is 19.7 Å². The maximum Gasteiger partial charge on any atom is 0.272 e. The highest BCUT2D eigenvalue weighted by Gasteiger charge is 2.16. The van der Waals surface area contributed by atoms with Gasteiger partial charge in [-0.05, 0) is 36.5 Å². The van der Waals surface area contributed by atoms with Gasteiger partial charge >= 0.3 is 0 Å². The molecule has 0 amide bonds. The number of piperidine rings is 1. The Morgan fingerprint density at radius 1 is 1.41 bits per heavy atom. The molecule has 0 radical (unpaired) electrons. The van der Waals surface area contributed by atoms with E-state index in [4.69, 9.17) is 10.5 Å². The highest BCUT2D eigenvalue weighted by atomic mass is 19.3. The number of guanidine groups is 1. The number of nitrogens with zero attached hydrogens (tertiary/aromatic N) is 2. The van der Waals surface area contributed by atoms with E-state index < -0.39 is 13.0 Å². The molecular formula is C16H23F2N3O. The van der Waals surface area contributed by atoms with Gasteiger partial charge in [0.2, 0.25) is 0 Å². The van der Waals surface area contributed by atoms with Gasteiger partial charge in [-0.3, -0.25) is 0 Å². The van der Waals surface area contributed by atoms with E-state index in [1.807, 2.05) is 6.07 Å². The lowest BCUT2D eigenvalue weighted by molar-refractivity contribution is 0.0818. The van der Waals surface area contributed by atoms with Crippen LogP contribution in [0.25, 0.3) is 0 Å². The molecule has 0 unspecified atom stereocenters. The Morgan fingerprint density at radius 2 is 2.14 bits per heavy atom. The average Bonchev–Trinajstić information content (AvgIpc) is 2.52. The Kier molecular flexibility index (Phi) is 5.98. The number of alkyl halides is 2. The van der Waals surface area contributed by atoms with Crippen LogP contribution in [0.15, 0.2) is 29.3 Å². The molecule has 2 rings (SSSR count). The zero-order chi connectivity index (χ0) is 15.9. The molecule has 0 atom stereocenters. The number of nitrogens with two attached hydrogens (primary N) is 1. The van der Waals surface area contributed by atoms with Crippen molar-refractivity contribution in [2.45, 2.75) is 32.7 Å². The summed E-state index contributed by atoms with van der Waals surface area (Å²) in [5, 5.41) is 0. The van der Waals surface area contributed by atoms with E-state index in [1.54, 1.807) is 18.2 Å². The van der Waals surface area contributed by atoms with Crippen molar-refractivity contribution in [2.24, 2.45) is 16.6 Å². The zero-order valence-electron chi connectivity index (χ0n) is 12.8. The number of ether oxygens (including phenoxy) is 1. The number of likely N-dealkylation sites (tertiary alicyclic amines) is 1. The Bertz CT molecular complexity index is 500. The lowest BCUT2D eigenvalue weighted by Gasteiger charge is -2.31. The standard InChI is InChI=1S/C16H23F2N3O/c1-12-5-7-21(8-6-12)16(19)20-10-13-3-2-4-14(9-13)22-11-15(17)18/h2-4,9,12,15H,5-8,10-11H2,1H3,(H2,19,20). The summed E-state index contributed by atoms with van der Waals surface area (Å²) in [6.45, 7) is 3.95. The molecule has 0 saturated carbocycles. The topological polar surface area (TPSA) is 50.8 Å². The maximum absolute atomic E-state index is 12.1. The molecule has 4 nitrogen and oxygen atoms in total. The molecule has 1 aromatic rings. The second-order valence-electron chi connectivity index (χ2n) is 5.69. The molecule has 22 heavy (non-hydrogen) atoms. The van der Waals surface area contributed by atoms with Crippen LogP contribution in [0.5, 0.6) is 5.75 Å². The quantitative estimate of drug-likeness (QED) is 0.672. The minimum atomic E-state index is -2.47. The molecule has 1 heterocycles. The van der Waals surface area contributed by atoms with Gasteiger partial charge in [0.25, 0.3) is 6.43 Å². The van der Waals surface area contributed by atoms with Crippen LogP contribution in [0.3, 0.4) is 0 Å². The summed E-state index contributed by atoms with van der Waals surface area (Å²) in [5.74, 6) is 1.72. The number of hydrogen-bond donors (Lipinski definition) is 1. The third-order valence-electron chi connectivity index (χ3n) is 3.81. The van der Waals surface area contributed by atoms with E-state index in [-0.39, 0.29) is 0 Å². The largest absolute Gasteiger partial charge is 0.488 e. The monoisotopic (exact) mass is 311 g/mol. The van der Waals surface area contributed by atoms with Gasteiger partial charge in [0.15, 0.2) is 5.96 Å². The van der Waals surface area contributed by atoms with Crippen molar-refractivity contribution in [3.8, 4) is 5.75 Å². The molecule has 1 saturated heterocycles. The predicted octanol–water partition coefficient (Wildman–Crippen LogP) is 2.88. The molecule has 122 valence electrons. The Morgan fingerprint density at radius 3 is 2.82 bits per heavy atom. The first-order chi connectivity index (χ1) is 10.5. The van der Waals surface area contributed by atoms with Gasteiger partial charge in [-0.2, -0.15) is 0 Å². The van der Waals surface area contributed by atoms with Gasteiger partial charge in [0.1, 0.15) is 12.4 Å². The summed E-state index contributed by atoms with van der Waals surface area (Å²) in [6.07, 6.45) is -0.209. The first-order valence-electron chi connectivity index (χ1n) is 7.59. The third kappa shape index (κ3) is 5.16. The molecule has 1 aromatic carbocycles. The Balaban J connectivity index is 1.89. The number of benzene rings is 1. The van der Waals surface area contributed by atoms with Crippen molar-refractivity contribution in [3.05, 3.63) is 29.8 Å². The van der Waals surface area contributed by atoms with Crippen molar-refractivity contribution in [1.29, 1.82) is 0 Å². The van der Waals surface area contributed by atoms with Crippen molar-refractivity contribution < 1.29 is 13.5 Å². The lowest BCUT2D eigenvalue weighted by Crippen LogP contribution is -2.42. The molecule has 0 bridgehead atoms. The number of hydrogen-bond acceptors (Lipinski definition) is 2. The first-order valence-corrected chi connectivity index (χ1v) is 7.59. The van der Waals surface area contributed by atoms with Gasteiger partial charge in [0, 0.05) is 13.1 Å². The van der Waals surface area contributed by atoms with Gasteiger partial charge in [-0.25, -0.2) is 13.8 Å². The van der Waals surface area contributed by atoms with E-state index in [0.717, 1.165) is 37.4 Å². The smallest absolute Gasteiger partial charge is 0.272 e. The van der Waals surface area contributed by atoms with E-state index in [1.165, 1.54) is 0 Å². The van der Waals surface area contributed by atoms with Crippen LogP contribution < -0.4 is 10.5 Å². The SMILES string of the molecule is CC1CCN(C(N)=NCc2cccc(OCC(F)F)c2)CC1. The van der Waals surface area contributed by atoms with Crippen molar-refractivity contribution in [3.63, 3.8) is 0 Å². The highest BCUT2D eigenvalue weighted by molar-refractivity contribution is 5.78. The summed E-state index contributed by atoms with van der Waals surface area (Å²) in [5.41, 5.74) is 6.91.